The highest BCUT2D eigenvalue weighted by Crippen LogP contribution is 2.62. The summed E-state index contributed by atoms with van der Waals surface area (Å²) in [5, 5.41) is 0.402. The smallest absolute Gasteiger partial charge is 0.264 e. The van der Waals surface area contributed by atoms with E-state index in [-0.39, 0.29) is 23.8 Å². The highest BCUT2D eigenvalue weighted by molar-refractivity contribution is 7.90. The number of methoxy groups -OCH3 is 1. The van der Waals surface area contributed by atoms with Crippen molar-refractivity contribution in [3.05, 3.63) is 89.0 Å². The molecule has 0 bridgehead atoms. The summed E-state index contributed by atoms with van der Waals surface area (Å²) in [4.78, 5) is 22.7. The minimum Gasteiger partial charge on any atom is -0.496 e. The fourth-order valence-electron chi connectivity index (χ4n) is 5.06. The van der Waals surface area contributed by atoms with Gasteiger partial charge in [-0.25, -0.2) is 22.5 Å². The van der Waals surface area contributed by atoms with E-state index in [1.807, 2.05) is 26.0 Å². The Morgan fingerprint density at radius 3 is 2.64 bits per heavy atom. The minimum atomic E-state index is -4.29. The van der Waals surface area contributed by atoms with Crippen molar-refractivity contribution in [1.82, 2.24) is 14.7 Å². The van der Waals surface area contributed by atoms with Crippen LogP contribution in [0.25, 0.3) is 10.9 Å². The van der Waals surface area contributed by atoms with Crippen LogP contribution >= 0.6 is 0 Å². The van der Waals surface area contributed by atoms with Crippen LogP contribution in [-0.4, -0.2) is 38.0 Å². The Labute approximate surface area is 226 Å². The molecule has 1 amide bonds. The molecule has 0 radical (unpaired) electrons. The van der Waals surface area contributed by atoms with Gasteiger partial charge in [0, 0.05) is 28.3 Å². The molecule has 2 aromatic carbocycles. The molecule has 8 nitrogen and oxygen atoms in total. The van der Waals surface area contributed by atoms with E-state index in [0.29, 0.717) is 27.9 Å². The minimum absolute atomic E-state index is 0.0528. The third kappa shape index (κ3) is 4.69. The van der Waals surface area contributed by atoms with E-state index in [1.54, 1.807) is 37.3 Å². The number of aromatic nitrogens is 2. The second kappa shape index (κ2) is 9.92. The number of benzene rings is 2. The summed E-state index contributed by atoms with van der Waals surface area (Å²) in [5.74, 6) is -1.62. The van der Waals surface area contributed by atoms with Gasteiger partial charge in [0.15, 0.2) is 5.82 Å². The van der Waals surface area contributed by atoms with Crippen LogP contribution in [0.2, 0.25) is 0 Å². The van der Waals surface area contributed by atoms with Crippen LogP contribution in [0.4, 0.5) is 4.39 Å². The van der Waals surface area contributed by atoms with Gasteiger partial charge in [0.05, 0.1) is 29.5 Å². The maximum Gasteiger partial charge on any atom is 0.264 e. The Morgan fingerprint density at radius 2 is 1.90 bits per heavy atom. The highest BCUT2D eigenvalue weighted by Gasteiger charge is 2.64. The van der Waals surface area contributed by atoms with E-state index in [9.17, 15) is 17.6 Å². The zero-order chi connectivity index (χ0) is 27.9. The molecule has 1 aliphatic rings. The number of rotatable bonds is 8. The number of halogens is 1. The first-order valence-corrected chi connectivity index (χ1v) is 14.0. The largest absolute Gasteiger partial charge is 0.496 e. The molecule has 2 atom stereocenters. The van der Waals surface area contributed by atoms with Gasteiger partial charge in [0.2, 0.25) is 5.91 Å². The zero-order valence-corrected chi connectivity index (χ0v) is 22.8. The van der Waals surface area contributed by atoms with Crippen molar-refractivity contribution in [1.29, 1.82) is 0 Å². The molecule has 2 aromatic heterocycles. The van der Waals surface area contributed by atoms with Crippen molar-refractivity contribution in [3.63, 3.8) is 0 Å². The molecule has 1 N–H and O–H groups in total. The Kier molecular flexibility index (Phi) is 6.76. The number of sulfonamides is 1. The molecule has 1 aliphatic carbocycles. The number of carbonyl (C=O) groups excluding carboxylic acids is 1. The second-order valence-electron chi connectivity index (χ2n) is 9.60. The molecule has 0 unspecified atom stereocenters. The lowest BCUT2D eigenvalue weighted by Crippen LogP contribution is -2.40. The number of nitrogens with one attached hydrogen (secondary N) is 1. The number of carbonyl (C=O) groups is 1. The molecule has 10 heteroatoms. The van der Waals surface area contributed by atoms with Gasteiger partial charge in [-0.1, -0.05) is 23.8 Å². The summed E-state index contributed by atoms with van der Waals surface area (Å²) in [6.45, 7) is 5.62. The summed E-state index contributed by atoms with van der Waals surface area (Å²) < 4.78 is 54.7. The summed E-state index contributed by atoms with van der Waals surface area (Å²) >= 11 is 0. The molecule has 202 valence electrons. The Bertz CT molecular complexity index is 1710. The second-order valence-corrected chi connectivity index (χ2v) is 11.2. The van der Waals surface area contributed by atoms with E-state index in [1.165, 1.54) is 25.3 Å². The predicted octanol–water partition coefficient (Wildman–Crippen LogP) is 4.72. The fourth-order valence-corrected chi connectivity index (χ4v) is 6.32. The van der Waals surface area contributed by atoms with E-state index in [2.05, 4.69) is 14.7 Å². The van der Waals surface area contributed by atoms with Crippen molar-refractivity contribution in [3.8, 4) is 11.6 Å². The number of fused-ring (bicyclic) bond motifs is 1. The molecule has 0 saturated heterocycles. The van der Waals surface area contributed by atoms with Gasteiger partial charge in [0.25, 0.3) is 15.9 Å². The quantitative estimate of drug-likeness (QED) is 0.339. The summed E-state index contributed by atoms with van der Waals surface area (Å²) in [7, 11) is -2.81. The lowest BCUT2D eigenvalue weighted by molar-refractivity contribution is -0.122. The normalized spacial score (nSPS) is 18.5. The van der Waals surface area contributed by atoms with E-state index >= 15 is 0 Å². The lowest BCUT2D eigenvalue weighted by Gasteiger charge is -2.21. The topological polar surface area (TPSA) is 107 Å². The van der Waals surface area contributed by atoms with Gasteiger partial charge in [-0.05, 0) is 69.7 Å². The summed E-state index contributed by atoms with van der Waals surface area (Å²) in [6, 6.07) is 16.3. The molecule has 39 heavy (non-hydrogen) atoms. The van der Waals surface area contributed by atoms with Crippen LogP contribution < -0.4 is 14.2 Å². The first-order valence-electron chi connectivity index (χ1n) is 12.5. The molecule has 0 aliphatic heterocycles. The number of pyridine rings is 2. The molecular weight excluding hydrogens is 521 g/mol. The van der Waals surface area contributed by atoms with E-state index in [4.69, 9.17) is 9.47 Å². The molecule has 1 fully saturated rings. The van der Waals surface area contributed by atoms with Gasteiger partial charge in [-0.15, -0.1) is 0 Å². The van der Waals surface area contributed by atoms with Crippen molar-refractivity contribution in [2.24, 2.45) is 0 Å². The van der Waals surface area contributed by atoms with Crippen LogP contribution in [-0.2, 0) is 20.2 Å². The molecule has 2 heterocycles. The number of hydrogen-bond acceptors (Lipinski definition) is 7. The van der Waals surface area contributed by atoms with Gasteiger partial charge in [-0.3, -0.25) is 9.78 Å². The first-order chi connectivity index (χ1) is 18.6. The predicted molar refractivity (Wildman–Crippen MR) is 144 cm³/mol. The Morgan fingerprint density at radius 1 is 1.10 bits per heavy atom. The number of ether oxygens (including phenoxy) is 2. The summed E-state index contributed by atoms with van der Waals surface area (Å²) in [6.07, 6.45) is 0.245. The maximum atomic E-state index is 14.3. The van der Waals surface area contributed by atoms with Crippen LogP contribution in [0.5, 0.6) is 11.6 Å². The molecule has 5 rings (SSSR count). The fraction of sp³-hybridized carbons (Fsp3) is 0.276. The van der Waals surface area contributed by atoms with Crippen molar-refractivity contribution in [2.75, 3.05) is 13.7 Å². The standard InChI is InChI=1S/C29H28FN3O5S/c1-5-38-27-22(30)12-13-24(32-27)21-16-29(21,20-15-17(2)9-14-25(20)37-4)28(34)33-39(35,36)26-8-6-7-23-19(26)11-10-18(3)31-23/h6-15,21H,5,16H2,1-4H3,(H,33,34)/t21-,29-/m1/s1. The van der Waals surface area contributed by atoms with E-state index in [0.717, 1.165) is 11.3 Å². The number of nitrogens with zero attached hydrogens (tertiary/aromatic N) is 2. The molecule has 1 saturated carbocycles. The average molecular weight is 550 g/mol. The average Bonchev–Trinajstić information content (AvgIpc) is 3.66. The third-order valence-electron chi connectivity index (χ3n) is 7.02. The van der Waals surface area contributed by atoms with Crippen LogP contribution in [0.15, 0.2) is 65.6 Å². The maximum absolute atomic E-state index is 14.3. The number of hydrogen-bond donors (Lipinski definition) is 1. The first kappa shape index (κ1) is 26.6. The monoisotopic (exact) mass is 549 g/mol. The molecular formula is C29H28FN3O5S. The van der Waals surface area contributed by atoms with Crippen LogP contribution in [0, 0.1) is 19.7 Å². The van der Waals surface area contributed by atoms with Crippen molar-refractivity contribution < 1.29 is 27.1 Å². The highest BCUT2D eigenvalue weighted by atomic mass is 32.2. The van der Waals surface area contributed by atoms with Gasteiger partial charge in [-0.2, -0.15) is 0 Å². The van der Waals surface area contributed by atoms with Gasteiger partial charge < -0.3 is 9.47 Å². The number of aryl methyl sites for hydroxylation is 2. The summed E-state index contributed by atoms with van der Waals surface area (Å²) in [5.41, 5.74) is 1.74. The SMILES string of the molecule is CCOc1nc([C@H]2C[C@@]2(C(=O)NS(=O)(=O)c2cccc3nc(C)ccc23)c2cc(C)ccc2OC)ccc1F. The Balaban J connectivity index is 1.60. The Hall–Kier alpha value is -4.05. The van der Waals surface area contributed by atoms with Crippen LogP contribution in [0.1, 0.15) is 41.8 Å². The van der Waals surface area contributed by atoms with Crippen molar-refractivity contribution >= 4 is 26.8 Å². The number of amides is 1. The molecule has 4 aromatic rings. The zero-order valence-electron chi connectivity index (χ0n) is 22.0. The van der Waals surface area contributed by atoms with E-state index < -0.39 is 33.1 Å². The third-order valence-corrected chi connectivity index (χ3v) is 8.41. The van der Waals surface area contributed by atoms with Gasteiger partial charge >= 0.3 is 0 Å². The van der Waals surface area contributed by atoms with Crippen LogP contribution in [0.3, 0.4) is 0 Å². The van der Waals surface area contributed by atoms with Gasteiger partial charge in [0.1, 0.15) is 5.75 Å². The lowest BCUT2D eigenvalue weighted by atomic mass is 9.89. The van der Waals surface area contributed by atoms with Crippen molar-refractivity contribution in [2.45, 2.75) is 43.4 Å². The molecule has 0 spiro atoms.